The van der Waals surface area contributed by atoms with E-state index < -0.39 is 41.7 Å². The predicted octanol–water partition coefficient (Wildman–Crippen LogP) is 0.573. The Morgan fingerprint density at radius 1 is 1.00 bits per heavy atom. The second-order valence-electron chi connectivity index (χ2n) is 8.00. The minimum absolute atomic E-state index is 0.0512. The number of rotatable bonds is 11. The third-order valence-electron chi connectivity index (χ3n) is 4.40. The van der Waals surface area contributed by atoms with Gasteiger partial charge in [0.2, 0.25) is 11.8 Å². The zero-order valence-corrected chi connectivity index (χ0v) is 19.8. The van der Waals surface area contributed by atoms with Crippen LogP contribution in [0.4, 0.5) is 0 Å². The van der Waals surface area contributed by atoms with E-state index in [-0.39, 0.29) is 25.3 Å². The maximum atomic E-state index is 12.8. The van der Waals surface area contributed by atoms with Crippen LogP contribution in [0, 0.1) is 5.92 Å². The number of carboxylic acids is 2. The monoisotopic (exact) mass is 489 g/mol. The van der Waals surface area contributed by atoms with Gasteiger partial charge in [-0.1, -0.05) is 32.0 Å². The number of aromatic nitrogens is 2. The fourth-order valence-electron chi connectivity index (χ4n) is 2.89. The Bertz CT molecular complexity index is 973. The number of carboxylic acid groups (broad SMARTS) is 2. The lowest BCUT2D eigenvalue weighted by Crippen LogP contribution is -2.54. The molecule has 0 bridgehead atoms. The van der Waals surface area contributed by atoms with Gasteiger partial charge in [-0.15, -0.1) is 0 Å². The summed E-state index contributed by atoms with van der Waals surface area (Å²) in [7, 11) is 0. The molecule has 0 aliphatic rings. The average Bonchev–Trinajstić information content (AvgIpc) is 3.29. The number of aliphatic carboxylic acids is 2. The van der Waals surface area contributed by atoms with Gasteiger partial charge < -0.3 is 31.1 Å². The normalized spacial score (nSPS) is 11.9. The van der Waals surface area contributed by atoms with Crippen LogP contribution in [0.25, 0.3) is 0 Å². The second kappa shape index (κ2) is 14.8. The number of nitrogens with zero attached hydrogens (tertiary/aromatic N) is 1. The molecule has 2 atom stereocenters. The number of aromatic amines is 1. The van der Waals surface area contributed by atoms with Crippen molar-refractivity contribution in [3.8, 4) is 0 Å². The lowest BCUT2D eigenvalue weighted by molar-refractivity contribution is -0.142. The standard InChI is InChI=1S/C21H27N5O5.C2H4O2/c1-13(2)8-17(21(30)31)26-20(29)16(9-15-10-22-12-24-15)25-18(27)11-23-19(28)14-6-4-3-5-7-14;1-2(3)4/h3-7,10,12-13,16-17H,8-9,11H2,1-2H3,(H,22,24)(H,23,28)(H,25,27)(H,26,29)(H,30,31);1H3,(H,3,4)/t16-,17-;/m0./s1. The fraction of sp³-hybridized carbons (Fsp3) is 0.391. The third kappa shape index (κ3) is 12.0. The van der Waals surface area contributed by atoms with Gasteiger partial charge in [0.1, 0.15) is 12.1 Å². The summed E-state index contributed by atoms with van der Waals surface area (Å²) in [6.07, 6.45) is 3.27. The highest BCUT2D eigenvalue weighted by molar-refractivity contribution is 5.97. The van der Waals surface area contributed by atoms with Crippen molar-refractivity contribution >= 4 is 29.7 Å². The number of benzene rings is 1. The van der Waals surface area contributed by atoms with Gasteiger partial charge in [-0.25, -0.2) is 9.78 Å². The van der Waals surface area contributed by atoms with E-state index in [0.29, 0.717) is 11.3 Å². The van der Waals surface area contributed by atoms with Crippen molar-refractivity contribution in [2.75, 3.05) is 6.54 Å². The van der Waals surface area contributed by atoms with E-state index in [1.807, 2.05) is 13.8 Å². The Morgan fingerprint density at radius 3 is 2.14 bits per heavy atom. The molecular weight excluding hydrogens is 458 g/mol. The first-order chi connectivity index (χ1) is 16.5. The molecule has 0 spiro atoms. The lowest BCUT2D eigenvalue weighted by Gasteiger charge is -2.22. The molecule has 190 valence electrons. The minimum Gasteiger partial charge on any atom is -0.481 e. The van der Waals surface area contributed by atoms with Gasteiger partial charge in [-0.05, 0) is 24.5 Å². The van der Waals surface area contributed by atoms with Crippen molar-refractivity contribution < 1.29 is 34.2 Å². The van der Waals surface area contributed by atoms with Crippen LogP contribution in [0.2, 0.25) is 0 Å². The fourth-order valence-corrected chi connectivity index (χ4v) is 2.89. The zero-order chi connectivity index (χ0) is 26.4. The highest BCUT2D eigenvalue weighted by Gasteiger charge is 2.27. The average molecular weight is 490 g/mol. The summed E-state index contributed by atoms with van der Waals surface area (Å²) in [6, 6.07) is 6.28. The molecule has 35 heavy (non-hydrogen) atoms. The SMILES string of the molecule is CC(=O)O.CC(C)C[C@H](NC(=O)[C@H](Cc1cnc[nH]1)NC(=O)CNC(=O)c1ccccc1)C(=O)O. The minimum atomic E-state index is -1.15. The molecule has 0 aliphatic heterocycles. The summed E-state index contributed by atoms with van der Waals surface area (Å²) in [5.74, 6) is -3.57. The molecule has 0 aliphatic carbocycles. The van der Waals surface area contributed by atoms with Crippen molar-refractivity contribution in [2.24, 2.45) is 5.92 Å². The third-order valence-corrected chi connectivity index (χ3v) is 4.40. The number of H-pyrrole nitrogens is 1. The van der Waals surface area contributed by atoms with Crippen LogP contribution in [0.15, 0.2) is 42.9 Å². The number of hydrogen-bond acceptors (Lipinski definition) is 6. The number of hydrogen-bond donors (Lipinski definition) is 6. The lowest BCUT2D eigenvalue weighted by atomic mass is 10.0. The molecule has 12 heteroatoms. The Balaban J connectivity index is 0.00000142. The predicted molar refractivity (Wildman–Crippen MR) is 125 cm³/mol. The molecule has 12 nitrogen and oxygen atoms in total. The maximum absolute atomic E-state index is 12.8. The molecule has 1 aromatic heterocycles. The first-order valence-corrected chi connectivity index (χ1v) is 10.8. The van der Waals surface area contributed by atoms with Crippen LogP contribution in [0.3, 0.4) is 0 Å². The van der Waals surface area contributed by atoms with Crippen molar-refractivity contribution in [1.82, 2.24) is 25.9 Å². The Labute approximate surface area is 202 Å². The maximum Gasteiger partial charge on any atom is 0.326 e. The molecule has 3 amide bonds. The van der Waals surface area contributed by atoms with Gasteiger partial charge in [0.25, 0.3) is 11.9 Å². The van der Waals surface area contributed by atoms with Gasteiger partial charge in [0.05, 0.1) is 12.9 Å². The van der Waals surface area contributed by atoms with Crippen molar-refractivity contribution in [3.05, 3.63) is 54.1 Å². The molecule has 2 aromatic rings. The highest BCUT2D eigenvalue weighted by atomic mass is 16.4. The second-order valence-corrected chi connectivity index (χ2v) is 8.00. The first-order valence-electron chi connectivity index (χ1n) is 10.8. The van der Waals surface area contributed by atoms with Gasteiger partial charge in [-0.3, -0.25) is 19.2 Å². The van der Waals surface area contributed by atoms with Crippen LogP contribution < -0.4 is 16.0 Å². The van der Waals surface area contributed by atoms with E-state index in [4.69, 9.17) is 9.90 Å². The molecular formula is C23H31N5O7. The van der Waals surface area contributed by atoms with E-state index in [2.05, 4.69) is 25.9 Å². The Hall–Kier alpha value is -4.22. The molecule has 0 fully saturated rings. The largest absolute Gasteiger partial charge is 0.481 e. The smallest absolute Gasteiger partial charge is 0.326 e. The molecule has 6 N–H and O–H groups in total. The molecule has 1 aromatic carbocycles. The molecule has 0 radical (unpaired) electrons. The number of nitrogens with one attached hydrogen (secondary N) is 4. The Morgan fingerprint density at radius 2 is 1.63 bits per heavy atom. The van der Waals surface area contributed by atoms with E-state index in [1.165, 1.54) is 12.5 Å². The summed E-state index contributed by atoms with van der Waals surface area (Å²) in [4.78, 5) is 64.4. The van der Waals surface area contributed by atoms with Crippen LogP contribution in [0.1, 0.15) is 43.2 Å². The summed E-state index contributed by atoms with van der Waals surface area (Å²) in [5, 5.41) is 24.3. The molecule has 0 saturated heterocycles. The number of amides is 3. The number of carbonyl (C=O) groups is 5. The van der Waals surface area contributed by atoms with Gasteiger partial charge in [0, 0.05) is 30.8 Å². The van der Waals surface area contributed by atoms with Crippen molar-refractivity contribution in [1.29, 1.82) is 0 Å². The first kappa shape index (κ1) is 28.8. The topological polar surface area (TPSA) is 191 Å². The van der Waals surface area contributed by atoms with E-state index >= 15 is 0 Å². The van der Waals surface area contributed by atoms with Gasteiger partial charge in [0.15, 0.2) is 0 Å². The molecule has 1 heterocycles. The van der Waals surface area contributed by atoms with Crippen molar-refractivity contribution in [3.63, 3.8) is 0 Å². The van der Waals surface area contributed by atoms with Crippen LogP contribution in [-0.4, -0.2) is 68.5 Å². The molecule has 0 saturated carbocycles. The van der Waals surface area contributed by atoms with Crippen LogP contribution in [0.5, 0.6) is 0 Å². The zero-order valence-electron chi connectivity index (χ0n) is 19.8. The van der Waals surface area contributed by atoms with E-state index in [9.17, 15) is 24.3 Å². The highest BCUT2D eigenvalue weighted by Crippen LogP contribution is 2.07. The van der Waals surface area contributed by atoms with E-state index in [0.717, 1.165) is 6.92 Å². The van der Waals surface area contributed by atoms with E-state index in [1.54, 1.807) is 30.3 Å². The number of imidazole rings is 1. The van der Waals surface area contributed by atoms with Crippen LogP contribution in [-0.2, 0) is 25.6 Å². The quantitative estimate of drug-likeness (QED) is 0.264. The van der Waals surface area contributed by atoms with Crippen LogP contribution >= 0.6 is 0 Å². The summed E-state index contributed by atoms with van der Waals surface area (Å²) >= 11 is 0. The van der Waals surface area contributed by atoms with Crippen molar-refractivity contribution in [2.45, 2.75) is 45.7 Å². The summed E-state index contributed by atoms with van der Waals surface area (Å²) in [5.41, 5.74) is 0.990. The summed E-state index contributed by atoms with van der Waals surface area (Å²) in [6.45, 7) is 4.44. The van der Waals surface area contributed by atoms with Gasteiger partial charge in [-0.2, -0.15) is 0 Å². The Kier molecular flexibility index (Phi) is 12.2. The summed E-state index contributed by atoms with van der Waals surface area (Å²) < 4.78 is 0. The number of carbonyl (C=O) groups excluding carboxylic acids is 3. The molecule has 0 unspecified atom stereocenters. The molecule has 2 rings (SSSR count). The van der Waals surface area contributed by atoms with Gasteiger partial charge >= 0.3 is 5.97 Å².